The second kappa shape index (κ2) is 6.26. The summed E-state index contributed by atoms with van der Waals surface area (Å²) in [7, 11) is 3.27. The molecule has 0 spiro atoms. The molecule has 7 heteroatoms. The van der Waals surface area contributed by atoms with E-state index in [4.69, 9.17) is 9.47 Å². The minimum Gasteiger partial charge on any atom is -0.497 e. The van der Waals surface area contributed by atoms with Gasteiger partial charge in [0.05, 0.1) is 18.7 Å². The molecular weight excluding hydrogens is 346 g/mol. The molecule has 0 bridgehead atoms. The molecule has 0 radical (unpaired) electrons. The van der Waals surface area contributed by atoms with E-state index in [-0.39, 0.29) is 23.7 Å². The Balaban J connectivity index is 1.88. The van der Waals surface area contributed by atoms with Crippen LogP contribution in [0.4, 0.5) is 5.69 Å². The molecule has 2 atom stereocenters. The van der Waals surface area contributed by atoms with Crippen molar-refractivity contribution in [3.8, 4) is 11.5 Å². The van der Waals surface area contributed by atoms with Crippen LogP contribution in [-0.4, -0.2) is 42.7 Å². The van der Waals surface area contributed by atoms with Crippen LogP contribution in [-0.2, 0) is 9.59 Å². The number of amides is 2. The topological polar surface area (TPSA) is 80.2 Å². The fourth-order valence-electron chi connectivity index (χ4n) is 3.56. The second-order valence-electron chi connectivity index (χ2n) is 7.16. The molecule has 2 amide bonds. The Morgan fingerprint density at radius 1 is 1.30 bits per heavy atom. The van der Waals surface area contributed by atoms with Gasteiger partial charge < -0.3 is 19.7 Å². The number of allylic oxidation sites excluding steroid dienone is 2. The summed E-state index contributed by atoms with van der Waals surface area (Å²) in [5, 5.41) is 2.93. The number of nitrogens with zero attached hydrogens (tertiary/aromatic N) is 2. The van der Waals surface area contributed by atoms with E-state index in [0.717, 1.165) is 11.1 Å². The molecule has 0 aromatic heterocycles. The zero-order valence-electron chi connectivity index (χ0n) is 15.6. The normalized spacial score (nSPS) is 23.4. The summed E-state index contributed by atoms with van der Waals surface area (Å²) in [6.07, 6.45) is 4.75. The number of benzene rings is 1. The molecule has 1 unspecified atom stereocenters. The van der Waals surface area contributed by atoms with Gasteiger partial charge in [0.15, 0.2) is 11.9 Å². The van der Waals surface area contributed by atoms with Crippen molar-refractivity contribution in [2.75, 3.05) is 19.5 Å². The van der Waals surface area contributed by atoms with Crippen LogP contribution < -0.4 is 14.8 Å². The summed E-state index contributed by atoms with van der Waals surface area (Å²) in [6.45, 7) is 3.88. The lowest BCUT2D eigenvalue weighted by Crippen LogP contribution is -2.41. The van der Waals surface area contributed by atoms with Crippen LogP contribution in [0.25, 0.3) is 5.57 Å². The van der Waals surface area contributed by atoms with E-state index in [1.54, 1.807) is 32.6 Å². The third kappa shape index (κ3) is 2.70. The van der Waals surface area contributed by atoms with Crippen molar-refractivity contribution in [2.45, 2.75) is 20.0 Å². The van der Waals surface area contributed by atoms with E-state index in [2.05, 4.69) is 10.3 Å². The van der Waals surface area contributed by atoms with Gasteiger partial charge in [-0.25, -0.2) is 0 Å². The SMILES string of the molecule is COc1cc2c(c(C3=CN(C)C(=O)C4=NC=CC34)c1)O[C@@H](C(C)C)C(=O)N2. The Morgan fingerprint density at radius 2 is 2.07 bits per heavy atom. The quantitative estimate of drug-likeness (QED) is 0.890. The molecule has 1 aromatic carbocycles. The molecule has 27 heavy (non-hydrogen) atoms. The van der Waals surface area contributed by atoms with Gasteiger partial charge in [-0.2, -0.15) is 0 Å². The van der Waals surface area contributed by atoms with Gasteiger partial charge in [-0.3, -0.25) is 14.6 Å². The van der Waals surface area contributed by atoms with Crippen molar-refractivity contribution in [2.24, 2.45) is 16.8 Å². The van der Waals surface area contributed by atoms with E-state index >= 15 is 0 Å². The second-order valence-corrected chi connectivity index (χ2v) is 7.16. The summed E-state index contributed by atoms with van der Waals surface area (Å²) >= 11 is 0. The number of aliphatic imine (C=N–C) groups is 1. The monoisotopic (exact) mass is 367 g/mol. The van der Waals surface area contributed by atoms with Crippen LogP contribution in [0, 0.1) is 11.8 Å². The lowest BCUT2D eigenvalue weighted by Gasteiger charge is -2.33. The van der Waals surface area contributed by atoms with Crippen LogP contribution in [0.1, 0.15) is 19.4 Å². The molecule has 4 rings (SSSR count). The number of rotatable bonds is 3. The third-order valence-electron chi connectivity index (χ3n) is 4.97. The number of methoxy groups -OCH3 is 1. The summed E-state index contributed by atoms with van der Waals surface area (Å²) in [4.78, 5) is 30.5. The van der Waals surface area contributed by atoms with Gasteiger partial charge in [0, 0.05) is 31.1 Å². The van der Waals surface area contributed by atoms with Gasteiger partial charge in [-0.05, 0) is 17.6 Å². The maximum absolute atomic E-state index is 12.4. The highest BCUT2D eigenvalue weighted by Crippen LogP contribution is 2.45. The van der Waals surface area contributed by atoms with Crippen LogP contribution in [0.3, 0.4) is 0 Å². The first-order chi connectivity index (χ1) is 12.9. The molecule has 0 fully saturated rings. The Morgan fingerprint density at radius 3 is 2.78 bits per heavy atom. The first-order valence-corrected chi connectivity index (χ1v) is 8.84. The minimum absolute atomic E-state index is 0.0150. The van der Waals surface area contributed by atoms with Crippen LogP contribution in [0.5, 0.6) is 11.5 Å². The van der Waals surface area contributed by atoms with Gasteiger partial charge in [0.2, 0.25) is 0 Å². The molecule has 3 aliphatic heterocycles. The van der Waals surface area contributed by atoms with Crippen molar-refractivity contribution in [1.82, 2.24) is 4.90 Å². The molecule has 1 N–H and O–H groups in total. The average molecular weight is 367 g/mol. The number of hydrogen-bond acceptors (Lipinski definition) is 5. The van der Waals surface area contributed by atoms with E-state index in [1.807, 2.05) is 26.0 Å². The maximum atomic E-state index is 12.4. The third-order valence-corrected chi connectivity index (χ3v) is 4.97. The Kier molecular flexibility index (Phi) is 4.02. The average Bonchev–Trinajstić information content (AvgIpc) is 3.13. The van der Waals surface area contributed by atoms with Crippen molar-refractivity contribution in [1.29, 1.82) is 0 Å². The molecule has 3 aliphatic rings. The van der Waals surface area contributed by atoms with Crippen molar-refractivity contribution < 1.29 is 19.1 Å². The molecule has 0 saturated carbocycles. The lowest BCUT2D eigenvalue weighted by molar-refractivity contribution is -0.125. The Hall–Kier alpha value is -3.09. The fourth-order valence-corrected chi connectivity index (χ4v) is 3.56. The van der Waals surface area contributed by atoms with Crippen molar-refractivity contribution in [3.63, 3.8) is 0 Å². The van der Waals surface area contributed by atoms with E-state index in [9.17, 15) is 9.59 Å². The number of anilines is 1. The van der Waals surface area contributed by atoms with E-state index < -0.39 is 6.10 Å². The zero-order valence-corrected chi connectivity index (χ0v) is 15.6. The van der Waals surface area contributed by atoms with Gasteiger partial charge in [-0.1, -0.05) is 19.9 Å². The smallest absolute Gasteiger partial charge is 0.272 e. The lowest BCUT2D eigenvalue weighted by atomic mass is 9.86. The summed E-state index contributed by atoms with van der Waals surface area (Å²) in [6, 6.07) is 3.61. The van der Waals surface area contributed by atoms with Crippen LogP contribution >= 0.6 is 0 Å². The molecule has 7 nitrogen and oxygen atoms in total. The molecule has 1 aromatic rings. The number of carbonyl (C=O) groups is 2. The summed E-state index contributed by atoms with van der Waals surface area (Å²) < 4.78 is 11.5. The van der Waals surface area contributed by atoms with Gasteiger partial charge in [0.1, 0.15) is 11.5 Å². The highest BCUT2D eigenvalue weighted by Gasteiger charge is 2.38. The van der Waals surface area contributed by atoms with Crippen molar-refractivity contribution >= 4 is 28.8 Å². The van der Waals surface area contributed by atoms with Crippen LogP contribution in [0.2, 0.25) is 0 Å². The highest BCUT2D eigenvalue weighted by molar-refractivity contribution is 6.44. The number of ether oxygens (including phenoxy) is 2. The number of hydrogen-bond donors (Lipinski definition) is 1. The largest absolute Gasteiger partial charge is 0.497 e. The predicted octanol–water partition coefficient (Wildman–Crippen LogP) is 2.45. The fraction of sp³-hybridized carbons (Fsp3) is 0.350. The minimum atomic E-state index is -0.583. The van der Waals surface area contributed by atoms with Crippen LogP contribution in [0.15, 0.2) is 35.6 Å². The molecule has 140 valence electrons. The zero-order chi connectivity index (χ0) is 19.3. The highest BCUT2D eigenvalue weighted by atomic mass is 16.5. The van der Waals surface area contributed by atoms with E-state index in [1.165, 1.54) is 4.90 Å². The molecule has 0 aliphatic carbocycles. The number of fused-ring (bicyclic) bond motifs is 2. The predicted molar refractivity (Wildman–Crippen MR) is 102 cm³/mol. The van der Waals surface area contributed by atoms with Gasteiger partial charge in [0.25, 0.3) is 11.8 Å². The Labute approximate surface area is 157 Å². The first-order valence-electron chi connectivity index (χ1n) is 8.84. The molecular formula is C20H21N3O4. The Bertz CT molecular complexity index is 929. The number of carbonyl (C=O) groups excluding carboxylic acids is 2. The van der Waals surface area contributed by atoms with Gasteiger partial charge in [-0.15, -0.1) is 0 Å². The standard InChI is InChI=1S/C20H21N3O4/c1-10(2)17-19(24)22-15-8-11(26-4)7-13(18(15)27-17)14-9-23(3)20(25)16-12(14)5-6-21-16/h5-10,12,17H,1-4H3,(H,22,24)/t12?,17-/m0/s1. The van der Waals surface area contributed by atoms with Crippen molar-refractivity contribution in [3.05, 3.63) is 36.2 Å². The summed E-state index contributed by atoms with van der Waals surface area (Å²) in [5.74, 6) is 0.647. The summed E-state index contributed by atoms with van der Waals surface area (Å²) in [5.41, 5.74) is 2.69. The maximum Gasteiger partial charge on any atom is 0.272 e. The number of nitrogens with one attached hydrogen (secondary N) is 1. The molecule has 3 heterocycles. The van der Waals surface area contributed by atoms with Gasteiger partial charge >= 0.3 is 0 Å². The van der Waals surface area contributed by atoms with E-state index in [0.29, 0.717) is 22.9 Å². The first kappa shape index (κ1) is 17.3. The molecule has 0 saturated heterocycles.